The number of aryl methyl sites for hydroxylation is 1. The highest BCUT2D eigenvalue weighted by Crippen LogP contribution is 2.26. The number of anilines is 1. The number of nitrogens with one attached hydrogen (secondary N) is 1. The van der Waals surface area contributed by atoms with Gasteiger partial charge in [-0.1, -0.05) is 23.5 Å². The zero-order chi connectivity index (χ0) is 17.0. The Morgan fingerprint density at radius 1 is 1.30 bits per heavy atom. The first-order valence-electron chi connectivity index (χ1n) is 6.33. The van der Waals surface area contributed by atoms with Crippen molar-refractivity contribution in [3.63, 3.8) is 0 Å². The third-order valence-electron chi connectivity index (χ3n) is 2.74. The van der Waals surface area contributed by atoms with Gasteiger partial charge >= 0.3 is 12.6 Å². The van der Waals surface area contributed by atoms with Gasteiger partial charge in [0, 0.05) is 0 Å². The van der Waals surface area contributed by atoms with Gasteiger partial charge in [0.15, 0.2) is 5.13 Å². The number of amides is 1. The van der Waals surface area contributed by atoms with E-state index in [4.69, 9.17) is 0 Å². The molecule has 0 saturated carbocycles. The monoisotopic (exact) mass is 342 g/mol. The zero-order valence-corrected chi connectivity index (χ0v) is 12.9. The second-order valence-corrected chi connectivity index (χ2v) is 5.25. The molecule has 1 amide bonds. The number of ether oxygens (including phenoxy) is 2. The lowest BCUT2D eigenvalue weighted by Crippen LogP contribution is -2.14. The topological polar surface area (TPSA) is 77.5 Å². The Hall–Kier alpha value is -2.55. The number of esters is 1. The van der Waals surface area contributed by atoms with Crippen LogP contribution in [0.1, 0.15) is 25.7 Å². The third-order valence-corrected chi connectivity index (χ3v) is 3.79. The van der Waals surface area contributed by atoms with E-state index in [-0.39, 0.29) is 21.3 Å². The molecule has 0 aliphatic heterocycles. The number of alkyl halides is 2. The number of aromatic nitrogens is 1. The van der Waals surface area contributed by atoms with E-state index in [1.807, 2.05) is 0 Å². The molecule has 0 spiro atoms. The van der Waals surface area contributed by atoms with Crippen LogP contribution in [0.25, 0.3) is 0 Å². The molecule has 0 saturated heterocycles. The Morgan fingerprint density at radius 3 is 2.65 bits per heavy atom. The Kier molecular flexibility index (Phi) is 5.22. The smallest absolute Gasteiger partial charge is 0.387 e. The quantitative estimate of drug-likeness (QED) is 0.845. The fourth-order valence-corrected chi connectivity index (χ4v) is 2.63. The van der Waals surface area contributed by atoms with E-state index >= 15 is 0 Å². The average molecular weight is 342 g/mol. The maximum atomic E-state index is 12.4. The standard InChI is InChI=1S/C14H12F2N2O4S/c1-7-10(12(20)21-2)23-14(17-7)18-11(19)8-5-3-4-6-9(8)22-13(15)16/h3-6,13H,1-2H3,(H,17,18,19). The summed E-state index contributed by atoms with van der Waals surface area (Å²) >= 11 is 0.928. The Morgan fingerprint density at radius 2 is 2.00 bits per heavy atom. The fraction of sp³-hybridized carbons (Fsp3) is 0.214. The molecule has 0 unspecified atom stereocenters. The summed E-state index contributed by atoms with van der Waals surface area (Å²) in [6.07, 6.45) is 0. The molecule has 0 atom stereocenters. The van der Waals surface area contributed by atoms with E-state index in [1.165, 1.54) is 31.4 Å². The largest absolute Gasteiger partial charge is 0.465 e. The van der Waals surface area contributed by atoms with Gasteiger partial charge in [0.05, 0.1) is 18.4 Å². The van der Waals surface area contributed by atoms with Crippen molar-refractivity contribution in [3.05, 3.63) is 40.4 Å². The van der Waals surface area contributed by atoms with Gasteiger partial charge in [-0.05, 0) is 19.1 Å². The van der Waals surface area contributed by atoms with E-state index in [9.17, 15) is 18.4 Å². The number of halogens is 2. The van der Waals surface area contributed by atoms with Crippen LogP contribution in [0.5, 0.6) is 5.75 Å². The molecule has 0 aliphatic rings. The fourth-order valence-electron chi connectivity index (χ4n) is 1.75. The molecule has 0 radical (unpaired) electrons. The first-order chi connectivity index (χ1) is 10.9. The molecular weight excluding hydrogens is 330 g/mol. The van der Waals surface area contributed by atoms with Gasteiger partial charge in [-0.3, -0.25) is 10.1 Å². The summed E-state index contributed by atoms with van der Waals surface area (Å²) in [5.74, 6) is -1.49. The molecule has 2 aromatic rings. The van der Waals surface area contributed by atoms with Crippen molar-refractivity contribution in [1.82, 2.24) is 4.98 Å². The Labute approximate surface area is 134 Å². The lowest BCUT2D eigenvalue weighted by Gasteiger charge is -2.09. The summed E-state index contributed by atoms with van der Waals surface area (Å²) in [6, 6.07) is 5.58. The molecule has 1 aromatic heterocycles. The number of rotatable bonds is 5. The number of para-hydroxylation sites is 1. The van der Waals surface area contributed by atoms with Crippen molar-refractivity contribution in [3.8, 4) is 5.75 Å². The summed E-state index contributed by atoms with van der Waals surface area (Å²) < 4.78 is 33.6. The van der Waals surface area contributed by atoms with Crippen molar-refractivity contribution >= 4 is 28.3 Å². The highest BCUT2D eigenvalue weighted by atomic mass is 32.1. The van der Waals surface area contributed by atoms with E-state index in [0.717, 1.165) is 11.3 Å². The number of carbonyl (C=O) groups excluding carboxylic acids is 2. The van der Waals surface area contributed by atoms with Crippen molar-refractivity contribution < 1.29 is 27.8 Å². The van der Waals surface area contributed by atoms with Crippen molar-refractivity contribution in [2.45, 2.75) is 13.5 Å². The van der Waals surface area contributed by atoms with Gasteiger partial charge < -0.3 is 9.47 Å². The number of methoxy groups -OCH3 is 1. The first-order valence-corrected chi connectivity index (χ1v) is 7.15. The number of nitrogens with zero attached hydrogens (tertiary/aromatic N) is 1. The predicted molar refractivity (Wildman–Crippen MR) is 79.2 cm³/mol. The van der Waals surface area contributed by atoms with Gasteiger partial charge in [0.1, 0.15) is 10.6 Å². The van der Waals surface area contributed by atoms with Gasteiger partial charge in [0.2, 0.25) is 0 Å². The van der Waals surface area contributed by atoms with Crippen LogP contribution in [0.4, 0.5) is 13.9 Å². The van der Waals surface area contributed by atoms with E-state index in [2.05, 4.69) is 19.8 Å². The van der Waals surface area contributed by atoms with Crippen LogP contribution in [0.2, 0.25) is 0 Å². The lowest BCUT2D eigenvalue weighted by molar-refractivity contribution is -0.0501. The number of carbonyl (C=O) groups is 2. The molecule has 1 heterocycles. The van der Waals surface area contributed by atoms with Crippen LogP contribution in [0, 0.1) is 6.92 Å². The molecule has 0 bridgehead atoms. The van der Waals surface area contributed by atoms with Gasteiger partial charge in [-0.15, -0.1) is 0 Å². The Bertz CT molecular complexity index is 733. The summed E-state index contributed by atoms with van der Waals surface area (Å²) in [5, 5.41) is 2.60. The van der Waals surface area contributed by atoms with Crippen molar-refractivity contribution in [2.75, 3.05) is 12.4 Å². The molecule has 6 nitrogen and oxygen atoms in total. The highest BCUT2D eigenvalue weighted by Gasteiger charge is 2.19. The highest BCUT2D eigenvalue weighted by molar-refractivity contribution is 7.17. The van der Waals surface area contributed by atoms with Crippen LogP contribution >= 0.6 is 11.3 Å². The van der Waals surface area contributed by atoms with Crippen LogP contribution in [0.15, 0.2) is 24.3 Å². The average Bonchev–Trinajstić information content (AvgIpc) is 2.86. The molecule has 1 N–H and O–H groups in total. The van der Waals surface area contributed by atoms with E-state index < -0.39 is 18.5 Å². The van der Waals surface area contributed by atoms with E-state index in [0.29, 0.717) is 5.69 Å². The molecular formula is C14H12F2N2O4S. The number of hydrogen-bond donors (Lipinski definition) is 1. The van der Waals surface area contributed by atoms with Crippen LogP contribution in [-0.4, -0.2) is 30.6 Å². The number of benzene rings is 1. The van der Waals surface area contributed by atoms with Crippen molar-refractivity contribution in [2.24, 2.45) is 0 Å². The molecule has 9 heteroatoms. The maximum Gasteiger partial charge on any atom is 0.387 e. The minimum Gasteiger partial charge on any atom is -0.465 e. The summed E-state index contributed by atoms with van der Waals surface area (Å²) in [5.41, 5.74) is 0.328. The molecule has 122 valence electrons. The summed E-state index contributed by atoms with van der Waals surface area (Å²) in [6.45, 7) is -1.45. The minimum atomic E-state index is -3.04. The van der Waals surface area contributed by atoms with Gasteiger partial charge in [-0.2, -0.15) is 8.78 Å². The molecule has 23 heavy (non-hydrogen) atoms. The summed E-state index contributed by atoms with van der Waals surface area (Å²) in [4.78, 5) is 28.0. The second-order valence-electron chi connectivity index (χ2n) is 4.25. The Balaban J connectivity index is 2.21. The zero-order valence-electron chi connectivity index (χ0n) is 12.1. The van der Waals surface area contributed by atoms with Crippen molar-refractivity contribution in [1.29, 1.82) is 0 Å². The maximum absolute atomic E-state index is 12.4. The summed E-state index contributed by atoms with van der Waals surface area (Å²) in [7, 11) is 1.23. The van der Waals surface area contributed by atoms with Crippen LogP contribution < -0.4 is 10.1 Å². The lowest BCUT2D eigenvalue weighted by atomic mass is 10.2. The van der Waals surface area contributed by atoms with Crippen LogP contribution in [-0.2, 0) is 4.74 Å². The third kappa shape index (κ3) is 4.01. The molecule has 1 aromatic carbocycles. The van der Waals surface area contributed by atoms with Gasteiger partial charge in [0.25, 0.3) is 5.91 Å². The normalized spacial score (nSPS) is 10.5. The number of hydrogen-bond acceptors (Lipinski definition) is 6. The van der Waals surface area contributed by atoms with Gasteiger partial charge in [-0.25, -0.2) is 9.78 Å². The molecule has 0 aliphatic carbocycles. The molecule has 0 fully saturated rings. The number of thiazole rings is 1. The van der Waals surface area contributed by atoms with Crippen LogP contribution in [0.3, 0.4) is 0 Å². The first kappa shape index (κ1) is 16.8. The SMILES string of the molecule is COC(=O)c1sc(NC(=O)c2ccccc2OC(F)F)nc1C. The molecule has 2 rings (SSSR count). The predicted octanol–water partition coefficient (Wildman–Crippen LogP) is 3.09. The second kappa shape index (κ2) is 7.14. The minimum absolute atomic E-state index is 0.0692. The van der Waals surface area contributed by atoms with E-state index in [1.54, 1.807) is 6.92 Å².